The van der Waals surface area contributed by atoms with E-state index in [0.29, 0.717) is 19.6 Å². The molecule has 0 aromatic heterocycles. The molecule has 5 heteroatoms. The molecule has 0 heterocycles. The molecule has 0 bridgehead atoms. The maximum atomic E-state index is 11.5. The topological polar surface area (TPSA) is 47.9 Å². The quantitative estimate of drug-likeness (QED) is 0.229. The lowest BCUT2D eigenvalue weighted by Gasteiger charge is -2.45. The number of benzene rings is 3. The van der Waals surface area contributed by atoms with Crippen molar-refractivity contribution in [2.45, 2.75) is 63.9 Å². The van der Waals surface area contributed by atoms with Gasteiger partial charge in [-0.1, -0.05) is 100 Å². The van der Waals surface area contributed by atoms with Gasteiger partial charge in [-0.05, 0) is 53.0 Å². The van der Waals surface area contributed by atoms with Crippen molar-refractivity contribution in [3.63, 3.8) is 0 Å². The van der Waals surface area contributed by atoms with Crippen LogP contribution in [-0.4, -0.2) is 38.3 Å². The van der Waals surface area contributed by atoms with Gasteiger partial charge in [-0.3, -0.25) is 0 Å². The van der Waals surface area contributed by atoms with Gasteiger partial charge < -0.3 is 19.0 Å². The largest absolute Gasteiger partial charge is 0.497 e. The fourth-order valence-electron chi connectivity index (χ4n) is 4.95. The lowest BCUT2D eigenvalue weighted by Crippen LogP contribution is -2.67. The van der Waals surface area contributed by atoms with E-state index in [9.17, 15) is 5.11 Å². The van der Waals surface area contributed by atoms with Crippen LogP contribution in [0, 0.1) is 0 Å². The molecule has 0 aliphatic carbocycles. The van der Waals surface area contributed by atoms with Gasteiger partial charge in [-0.25, -0.2) is 0 Å². The Hall–Kier alpha value is -2.92. The Kier molecular flexibility index (Phi) is 9.58. The van der Waals surface area contributed by atoms with Gasteiger partial charge in [0.05, 0.1) is 13.7 Å². The highest BCUT2D eigenvalue weighted by molar-refractivity contribution is 6.99. The average Bonchev–Trinajstić information content (AvgIpc) is 2.90. The lowest BCUT2D eigenvalue weighted by molar-refractivity contribution is -0.158. The molecule has 38 heavy (non-hydrogen) atoms. The molecule has 0 amide bonds. The summed E-state index contributed by atoms with van der Waals surface area (Å²) in [4.78, 5) is 0. The van der Waals surface area contributed by atoms with E-state index in [1.165, 1.54) is 10.4 Å². The molecule has 3 rings (SSSR count). The van der Waals surface area contributed by atoms with Gasteiger partial charge in [-0.2, -0.15) is 0 Å². The fraction of sp³-hybridized carbons (Fsp3) is 0.364. The van der Waals surface area contributed by atoms with Crippen LogP contribution in [0.5, 0.6) is 5.75 Å². The van der Waals surface area contributed by atoms with Gasteiger partial charge in [0, 0.05) is 13.0 Å². The van der Waals surface area contributed by atoms with Gasteiger partial charge >= 0.3 is 0 Å². The van der Waals surface area contributed by atoms with Crippen molar-refractivity contribution in [3.05, 3.63) is 109 Å². The standard InChI is InChI=1S/C33H42O4Si/c1-8-23-32(5,34)33(6,36-26-27-19-21-28(35-7)22-20-27)24-25-37-38(31(2,3)4,29-15-11-9-12-16-29)30-17-13-10-14-18-30/h9-23,34H,1,24-26H2,2-7H3/t32-,33-/m1/s1. The first-order chi connectivity index (χ1) is 18.0. The maximum Gasteiger partial charge on any atom is 0.261 e. The second-order valence-electron chi connectivity index (χ2n) is 11.1. The second-order valence-corrected chi connectivity index (χ2v) is 15.4. The van der Waals surface area contributed by atoms with Crippen LogP contribution in [0.15, 0.2) is 103 Å². The number of hydrogen-bond acceptors (Lipinski definition) is 4. The minimum atomic E-state index is -2.71. The first-order valence-corrected chi connectivity index (χ1v) is 15.0. The fourth-order valence-corrected chi connectivity index (χ4v) is 9.51. The monoisotopic (exact) mass is 530 g/mol. The summed E-state index contributed by atoms with van der Waals surface area (Å²) in [6, 6.07) is 28.9. The summed E-state index contributed by atoms with van der Waals surface area (Å²) in [5.41, 5.74) is 1.48. The van der Waals surface area contributed by atoms with E-state index in [-0.39, 0.29) is 5.04 Å². The second kappa shape index (κ2) is 12.3. The van der Waals surface area contributed by atoms with Crippen LogP contribution < -0.4 is 15.1 Å². The lowest BCUT2D eigenvalue weighted by atomic mass is 9.83. The molecular formula is C33H42O4Si. The molecule has 3 aromatic rings. The molecule has 0 aliphatic rings. The van der Waals surface area contributed by atoms with Crippen LogP contribution in [0.25, 0.3) is 0 Å². The SMILES string of the molecule is C=C=C[C@@](C)(O)[C@@](C)(CCO[Si](c1ccccc1)(c1ccccc1)C(C)(C)C)OCc1ccc(OC)cc1. The summed E-state index contributed by atoms with van der Waals surface area (Å²) in [5.74, 6) is 0.789. The average molecular weight is 531 g/mol. The number of methoxy groups -OCH3 is 1. The molecule has 0 radical (unpaired) electrons. The van der Waals surface area contributed by atoms with Crippen LogP contribution in [0.1, 0.15) is 46.6 Å². The summed E-state index contributed by atoms with van der Waals surface area (Å²) in [6.07, 6.45) is 2.04. The van der Waals surface area contributed by atoms with Gasteiger partial charge in [0.1, 0.15) is 17.0 Å². The summed E-state index contributed by atoms with van der Waals surface area (Å²) in [7, 11) is -1.07. The Morgan fingerprint density at radius 1 is 0.842 bits per heavy atom. The first-order valence-electron chi connectivity index (χ1n) is 13.1. The summed E-state index contributed by atoms with van der Waals surface area (Å²) < 4.78 is 18.8. The van der Waals surface area contributed by atoms with Gasteiger partial charge in [0.2, 0.25) is 0 Å². The summed E-state index contributed by atoms with van der Waals surface area (Å²) in [5, 5.41) is 13.8. The predicted octanol–water partition coefficient (Wildman–Crippen LogP) is 6.03. The predicted molar refractivity (Wildman–Crippen MR) is 159 cm³/mol. The Balaban J connectivity index is 1.94. The van der Waals surface area contributed by atoms with E-state index in [0.717, 1.165) is 11.3 Å². The van der Waals surface area contributed by atoms with Crippen LogP contribution in [0.3, 0.4) is 0 Å². The van der Waals surface area contributed by atoms with Crippen LogP contribution in [-0.2, 0) is 15.8 Å². The highest BCUT2D eigenvalue weighted by Crippen LogP contribution is 2.38. The summed E-state index contributed by atoms with van der Waals surface area (Å²) in [6.45, 7) is 14.9. The molecular weight excluding hydrogens is 488 g/mol. The first kappa shape index (κ1) is 29.6. The highest BCUT2D eigenvalue weighted by atomic mass is 28.4. The zero-order chi connectivity index (χ0) is 27.9. The minimum absolute atomic E-state index is 0.139. The van der Waals surface area contributed by atoms with E-state index < -0.39 is 19.5 Å². The molecule has 2 atom stereocenters. The molecule has 0 saturated carbocycles. The van der Waals surface area contributed by atoms with Crippen molar-refractivity contribution in [1.29, 1.82) is 0 Å². The molecule has 0 unspecified atom stereocenters. The van der Waals surface area contributed by atoms with Crippen LogP contribution >= 0.6 is 0 Å². The molecule has 1 N–H and O–H groups in total. The number of ether oxygens (including phenoxy) is 2. The van der Waals surface area contributed by atoms with E-state index in [1.807, 2.05) is 43.3 Å². The third-order valence-electron chi connectivity index (χ3n) is 7.48. The number of hydrogen-bond donors (Lipinski definition) is 1. The van der Waals surface area contributed by atoms with Crippen LogP contribution in [0.4, 0.5) is 0 Å². The van der Waals surface area contributed by atoms with Crippen molar-refractivity contribution in [2.75, 3.05) is 13.7 Å². The van der Waals surface area contributed by atoms with E-state index in [4.69, 9.17) is 13.9 Å². The van der Waals surface area contributed by atoms with Crippen molar-refractivity contribution in [3.8, 4) is 5.75 Å². The van der Waals surface area contributed by atoms with E-state index in [2.05, 4.69) is 81.6 Å². The normalized spacial score (nSPS) is 15.1. The van der Waals surface area contributed by atoms with E-state index >= 15 is 0 Å². The molecule has 0 saturated heterocycles. The van der Waals surface area contributed by atoms with Gasteiger partial charge in [0.25, 0.3) is 8.32 Å². The van der Waals surface area contributed by atoms with Gasteiger partial charge in [-0.15, -0.1) is 5.73 Å². The third kappa shape index (κ3) is 6.37. The molecule has 3 aromatic carbocycles. The Bertz CT molecular complexity index is 1150. The Morgan fingerprint density at radius 3 is 1.82 bits per heavy atom. The highest BCUT2D eigenvalue weighted by Gasteiger charge is 2.51. The van der Waals surface area contributed by atoms with Crippen molar-refractivity contribution >= 4 is 18.7 Å². The minimum Gasteiger partial charge on any atom is -0.497 e. The Labute approximate surface area is 229 Å². The third-order valence-corrected chi connectivity index (χ3v) is 12.5. The zero-order valence-electron chi connectivity index (χ0n) is 23.7. The maximum absolute atomic E-state index is 11.5. The van der Waals surface area contributed by atoms with Gasteiger partial charge in [0.15, 0.2) is 0 Å². The molecule has 0 fully saturated rings. The van der Waals surface area contributed by atoms with Crippen molar-refractivity contribution < 1.29 is 19.0 Å². The summed E-state index contributed by atoms with van der Waals surface area (Å²) >= 11 is 0. The van der Waals surface area contributed by atoms with E-state index in [1.54, 1.807) is 20.1 Å². The molecule has 0 aliphatic heterocycles. The van der Waals surface area contributed by atoms with Crippen molar-refractivity contribution in [1.82, 2.24) is 0 Å². The zero-order valence-corrected chi connectivity index (χ0v) is 24.7. The molecule has 4 nitrogen and oxygen atoms in total. The molecule has 202 valence electrons. The molecule has 0 spiro atoms. The number of rotatable bonds is 12. The Morgan fingerprint density at radius 2 is 1.37 bits per heavy atom. The van der Waals surface area contributed by atoms with Crippen LogP contribution in [0.2, 0.25) is 5.04 Å². The number of aliphatic hydroxyl groups is 1. The smallest absolute Gasteiger partial charge is 0.261 e. The van der Waals surface area contributed by atoms with Crippen molar-refractivity contribution in [2.24, 2.45) is 0 Å².